The summed E-state index contributed by atoms with van der Waals surface area (Å²) in [5.41, 5.74) is 0. The predicted octanol–water partition coefficient (Wildman–Crippen LogP) is 3.31. The van der Waals surface area contributed by atoms with Crippen molar-refractivity contribution in [2.45, 2.75) is 62.3 Å². The summed E-state index contributed by atoms with van der Waals surface area (Å²) in [6.07, 6.45) is 2.56. The topological polar surface area (TPSA) is 68.5 Å². The van der Waals surface area contributed by atoms with Gasteiger partial charge in [0.25, 0.3) is 0 Å². The van der Waals surface area contributed by atoms with Crippen LogP contribution in [0.2, 0.25) is 0 Å². The molecular formula is C16H21F2N3O3. The summed E-state index contributed by atoms with van der Waals surface area (Å²) >= 11 is 0. The fourth-order valence-corrected chi connectivity index (χ4v) is 4.52. The minimum absolute atomic E-state index is 0.00193. The molecule has 2 saturated carbocycles. The Balaban J connectivity index is 1.53. The predicted molar refractivity (Wildman–Crippen MR) is 78.8 cm³/mol. The molecule has 24 heavy (non-hydrogen) atoms. The number of nitrogens with zero attached hydrogens (tertiary/aromatic N) is 3. The number of carbonyl (C=O) groups excluding carboxylic acids is 1. The highest BCUT2D eigenvalue weighted by atomic mass is 19.3. The molecule has 5 rings (SSSR count). The van der Waals surface area contributed by atoms with Crippen molar-refractivity contribution in [1.29, 1.82) is 0 Å². The SMILES string of the molecule is COC(=O)N1CC2CCC1C(c1noc(C3CCC(F)(F)C3)n1)C2. The number of piperidine rings is 2. The van der Waals surface area contributed by atoms with Gasteiger partial charge in [-0.15, -0.1) is 0 Å². The summed E-state index contributed by atoms with van der Waals surface area (Å²) in [5.74, 6) is -1.74. The number of rotatable bonds is 2. The van der Waals surface area contributed by atoms with Crippen LogP contribution < -0.4 is 0 Å². The largest absolute Gasteiger partial charge is 0.453 e. The molecule has 0 N–H and O–H groups in total. The molecule has 2 saturated heterocycles. The third-order valence-electron chi connectivity index (χ3n) is 5.73. The third-order valence-corrected chi connectivity index (χ3v) is 5.73. The van der Waals surface area contributed by atoms with Gasteiger partial charge in [0.2, 0.25) is 11.8 Å². The fourth-order valence-electron chi connectivity index (χ4n) is 4.52. The summed E-state index contributed by atoms with van der Waals surface area (Å²) in [4.78, 5) is 18.2. The normalized spacial score (nSPS) is 34.5. The maximum atomic E-state index is 13.4. The smallest absolute Gasteiger partial charge is 0.409 e. The van der Waals surface area contributed by atoms with Crippen LogP contribution in [0.25, 0.3) is 0 Å². The molecule has 2 aliphatic heterocycles. The van der Waals surface area contributed by atoms with Crippen molar-refractivity contribution in [1.82, 2.24) is 15.0 Å². The molecule has 4 fully saturated rings. The van der Waals surface area contributed by atoms with E-state index in [1.807, 2.05) is 0 Å². The number of fused-ring (bicyclic) bond motifs is 3. The molecular weight excluding hydrogens is 320 g/mol. The van der Waals surface area contributed by atoms with E-state index >= 15 is 0 Å². The zero-order valence-corrected chi connectivity index (χ0v) is 13.6. The highest BCUT2D eigenvalue weighted by Crippen LogP contribution is 2.46. The summed E-state index contributed by atoms with van der Waals surface area (Å²) in [7, 11) is 1.38. The van der Waals surface area contributed by atoms with E-state index in [4.69, 9.17) is 9.26 Å². The van der Waals surface area contributed by atoms with Crippen molar-refractivity contribution in [2.75, 3.05) is 13.7 Å². The Kier molecular flexibility index (Phi) is 3.73. The molecule has 6 nitrogen and oxygen atoms in total. The molecule has 4 aliphatic rings. The van der Waals surface area contributed by atoms with Crippen LogP contribution in [0, 0.1) is 5.92 Å². The second-order valence-electron chi connectivity index (χ2n) is 7.26. The first-order valence-corrected chi connectivity index (χ1v) is 8.53. The molecule has 132 valence electrons. The summed E-state index contributed by atoms with van der Waals surface area (Å²) in [5, 5.41) is 4.06. The van der Waals surface area contributed by atoms with Gasteiger partial charge in [0, 0.05) is 37.3 Å². The summed E-state index contributed by atoms with van der Waals surface area (Å²) in [6.45, 7) is 0.702. The van der Waals surface area contributed by atoms with E-state index in [1.54, 1.807) is 4.90 Å². The maximum absolute atomic E-state index is 13.4. The highest BCUT2D eigenvalue weighted by molar-refractivity contribution is 5.68. The van der Waals surface area contributed by atoms with Gasteiger partial charge < -0.3 is 14.2 Å². The zero-order chi connectivity index (χ0) is 16.9. The molecule has 3 heterocycles. The lowest BCUT2D eigenvalue weighted by atomic mass is 9.72. The minimum atomic E-state index is -2.63. The van der Waals surface area contributed by atoms with Crippen molar-refractivity contribution >= 4 is 6.09 Å². The molecule has 8 heteroatoms. The average molecular weight is 341 g/mol. The molecule has 2 aliphatic carbocycles. The molecule has 0 aromatic carbocycles. The number of ether oxygens (including phenoxy) is 1. The van der Waals surface area contributed by atoms with Crippen molar-refractivity contribution in [2.24, 2.45) is 5.92 Å². The van der Waals surface area contributed by atoms with Crippen LogP contribution in [-0.4, -0.2) is 46.8 Å². The Morgan fingerprint density at radius 1 is 1.38 bits per heavy atom. The van der Waals surface area contributed by atoms with Crippen LogP contribution >= 0.6 is 0 Å². The average Bonchev–Trinajstić information content (AvgIpc) is 3.20. The van der Waals surface area contributed by atoms with Crippen LogP contribution in [0.5, 0.6) is 0 Å². The van der Waals surface area contributed by atoms with Gasteiger partial charge in [0.05, 0.1) is 7.11 Å². The van der Waals surface area contributed by atoms with Crippen LogP contribution in [0.4, 0.5) is 13.6 Å². The molecule has 2 bridgehead atoms. The van der Waals surface area contributed by atoms with Gasteiger partial charge in [-0.3, -0.25) is 0 Å². The fraction of sp³-hybridized carbons (Fsp3) is 0.812. The standard InChI is InChI=1S/C16H21F2N3O3/c1-23-15(22)21-8-9-2-3-12(21)11(6-9)13-19-14(24-20-13)10-4-5-16(17,18)7-10/h9-12H,2-8H2,1H3. The van der Waals surface area contributed by atoms with Crippen molar-refractivity contribution < 1.29 is 22.8 Å². The first kappa shape index (κ1) is 15.8. The van der Waals surface area contributed by atoms with Crippen LogP contribution in [0.1, 0.15) is 62.1 Å². The van der Waals surface area contributed by atoms with Gasteiger partial charge in [-0.25, -0.2) is 13.6 Å². The van der Waals surface area contributed by atoms with Crippen molar-refractivity contribution in [3.63, 3.8) is 0 Å². The van der Waals surface area contributed by atoms with E-state index in [2.05, 4.69) is 10.1 Å². The quantitative estimate of drug-likeness (QED) is 0.825. The van der Waals surface area contributed by atoms with Crippen molar-refractivity contribution in [3.8, 4) is 0 Å². The number of hydrogen-bond donors (Lipinski definition) is 0. The summed E-state index contributed by atoms with van der Waals surface area (Å²) < 4.78 is 37.0. The Morgan fingerprint density at radius 3 is 2.88 bits per heavy atom. The van der Waals surface area contributed by atoms with Crippen LogP contribution in [-0.2, 0) is 4.74 Å². The number of methoxy groups -OCH3 is 1. The molecule has 1 aromatic rings. The number of alkyl halides is 2. The first-order valence-electron chi connectivity index (χ1n) is 8.53. The van der Waals surface area contributed by atoms with E-state index in [0.29, 0.717) is 30.6 Å². The number of carbonyl (C=O) groups is 1. The van der Waals surface area contributed by atoms with Crippen LogP contribution in [0.3, 0.4) is 0 Å². The van der Waals surface area contributed by atoms with E-state index in [9.17, 15) is 13.6 Å². The molecule has 1 amide bonds. The second-order valence-corrected chi connectivity index (χ2v) is 7.26. The zero-order valence-electron chi connectivity index (χ0n) is 13.6. The van der Waals surface area contributed by atoms with Gasteiger partial charge in [0.1, 0.15) is 0 Å². The molecule has 4 unspecified atom stereocenters. The van der Waals surface area contributed by atoms with Gasteiger partial charge in [-0.05, 0) is 31.6 Å². The molecule has 4 atom stereocenters. The van der Waals surface area contributed by atoms with E-state index in [0.717, 1.165) is 19.3 Å². The maximum Gasteiger partial charge on any atom is 0.409 e. The second kappa shape index (κ2) is 5.67. The van der Waals surface area contributed by atoms with E-state index < -0.39 is 5.92 Å². The Morgan fingerprint density at radius 2 is 2.21 bits per heavy atom. The number of halogens is 2. The first-order chi connectivity index (χ1) is 11.5. The van der Waals surface area contributed by atoms with E-state index in [-0.39, 0.29) is 36.8 Å². The third kappa shape index (κ3) is 2.65. The summed E-state index contributed by atoms with van der Waals surface area (Å²) in [6, 6.07) is -0.00193. The lowest BCUT2D eigenvalue weighted by Crippen LogP contribution is -2.54. The Bertz CT molecular complexity index is 636. The number of hydrogen-bond acceptors (Lipinski definition) is 5. The van der Waals surface area contributed by atoms with Crippen LogP contribution in [0.15, 0.2) is 4.52 Å². The van der Waals surface area contributed by atoms with Gasteiger partial charge in [0.15, 0.2) is 5.82 Å². The van der Waals surface area contributed by atoms with Gasteiger partial charge >= 0.3 is 6.09 Å². The van der Waals surface area contributed by atoms with Gasteiger partial charge in [-0.1, -0.05) is 5.16 Å². The van der Waals surface area contributed by atoms with E-state index in [1.165, 1.54) is 7.11 Å². The number of amides is 1. The Hall–Kier alpha value is -1.73. The lowest BCUT2D eigenvalue weighted by Gasteiger charge is -2.48. The monoisotopic (exact) mass is 341 g/mol. The number of aromatic nitrogens is 2. The Labute approximate surface area is 138 Å². The molecule has 0 radical (unpaired) electrons. The molecule has 0 spiro atoms. The lowest BCUT2D eigenvalue weighted by molar-refractivity contribution is 0.00689. The highest BCUT2D eigenvalue weighted by Gasteiger charge is 2.47. The minimum Gasteiger partial charge on any atom is -0.453 e. The molecule has 1 aromatic heterocycles. The van der Waals surface area contributed by atoms with Crippen molar-refractivity contribution in [3.05, 3.63) is 11.7 Å². The van der Waals surface area contributed by atoms with Gasteiger partial charge in [-0.2, -0.15) is 4.98 Å².